The summed E-state index contributed by atoms with van der Waals surface area (Å²) in [4.78, 5) is 27.0. The van der Waals surface area contributed by atoms with Crippen LogP contribution in [0.15, 0.2) is 42.5 Å². The fraction of sp³-hybridized carbons (Fsp3) is 0.350. The molecule has 1 saturated heterocycles. The third-order valence-corrected chi connectivity index (χ3v) is 4.98. The lowest BCUT2D eigenvalue weighted by Gasteiger charge is -2.36. The van der Waals surface area contributed by atoms with Crippen LogP contribution in [0.5, 0.6) is 0 Å². The van der Waals surface area contributed by atoms with Crippen LogP contribution >= 0.6 is 0 Å². The number of anilines is 1. The summed E-state index contributed by atoms with van der Waals surface area (Å²) in [7, 11) is 0. The second kappa shape index (κ2) is 7.56. The van der Waals surface area contributed by atoms with Gasteiger partial charge in [-0.05, 0) is 42.7 Å². The van der Waals surface area contributed by atoms with Crippen LogP contribution in [0.4, 0.5) is 11.4 Å². The minimum atomic E-state index is -0.396. The number of hydrogen-bond donors (Lipinski definition) is 0. The van der Waals surface area contributed by atoms with Crippen molar-refractivity contribution in [2.75, 3.05) is 31.1 Å². The van der Waals surface area contributed by atoms with Crippen molar-refractivity contribution in [3.63, 3.8) is 0 Å². The van der Waals surface area contributed by atoms with Crippen LogP contribution in [0.25, 0.3) is 0 Å². The van der Waals surface area contributed by atoms with E-state index in [1.54, 1.807) is 12.1 Å². The molecule has 6 heteroatoms. The Labute approximate surface area is 153 Å². The van der Waals surface area contributed by atoms with E-state index in [4.69, 9.17) is 0 Å². The highest BCUT2D eigenvalue weighted by atomic mass is 16.6. The van der Waals surface area contributed by atoms with Crippen molar-refractivity contribution < 1.29 is 9.72 Å². The molecule has 0 N–H and O–H groups in total. The molecule has 136 valence electrons. The van der Waals surface area contributed by atoms with Gasteiger partial charge in [-0.15, -0.1) is 0 Å². The molecule has 0 aromatic heterocycles. The number of nitrogens with zero attached hydrogens (tertiary/aromatic N) is 3. The van der Waals surface area contributed by atoms with E-state index in [0.29, 0.717) is 19.5 Å². The summed E-state index contributed by atoms with van der Waals surface area (Å²) >= 11 is 0. The zero-order chi connectivity index (χ0) is 18.7. The molecule has 1 aliphatic heterocycles. The molecule has 0 unspecified atom stereocenters. The van der Waals surface area contributed by atoms with Gasteiger partial charge >= 0.3 is 0 Å². The third-order valence-electron chi connectivity index (χ3n) is 4.98. The molecule has 0 atom stereocenters. The van der Waals surface area contributed by atoms with Gasteiger partial charge < -0.3 is 9.80 Å². The van der Waals surface area contributed by atoms with E-state index >= 15 is 0 Å². The van der Waals surface area contributed by atoms with Crippen molar-refractivity contribution in [2.24, 2.45) is 0 Å². The summed E-state index contributed by atoms with van der Waals surface area (Å²) in [6, 6.07) is 12.7. The Kier molecular flexibility index (Phi) is 5.21. The van der Waals surface area contributed by atoms with Crippen LogP contribution in [-0.4, -0.2) is 41.9 Å². The molecule has 0 aliphatic carbocycles. The van der Waals surface area contributed by atoms with Gasteiger partial charge in [0, 0.05) is 44.0 Å². The number of hydrogen-bond acceptors (Lipinski definition) is 4. The van der Waals surface area contributed by atoms with Crippen LogP contribution < -0.4 is 4.90 Å². The fourth-order valence-electron chi connectivity index (χ4n) is 3.20. The molecule has 2 aromatic carbocycles. The molecule has 6 nitrogen and oxygen atoms in total. The Morgan fingerprint density at radius 2 is 1.65 bits per heavy atom. The monoisotopic (exact) mass is 353 g/mol. The van der Waals surface area contributed by atoms with E-state index in [2.05, 4.69) is 30.9 Å². The highest BCUT2D eigenvalue weighted by molar-refractivity contribution is 5.79. The zero-order valence-electron chi connectivity index (χ0n) is 15.1. The highest BCUT2D eigenvalue weighted by Gasteiger charge is 2.21. The second-order valence-electron chi connectivity index (χ2n) is 6.74. The van der Waals surface area contributed by atoms with Gasteiger partial charge in [-0.2, -0.15) is 0 Å². The van der Waals surface area contributed by atoms with Crippen molar-refractivity contribution in [1.29, 1.82) is 0 Å². The smallest absolute Gasteiger partial charge is 0.269 e. The Morgan fingerprint density at radius 3 is 2.23 bits per heavy atom. The number of carbonyl (C=O) groups is 1. The summed E-state index contributed by atoms with van der Waals surface area (Å²) in [5.74, 6) is 0.150. The number of rotatable bonds is 4. The lowest BCUT2D eigenvalue weighted by atomic mass is 10.0. The molecular weight excluding hydrogens is 330 g/mol. The number of non-ortho nitro benzene ring substituents is 1. The van der Waals surface area contributed by atoms with E-state index in [9.17, 15) is 14.9 Å². The van der Waals surface area contributed by atoms with E-state index < -0.39 is 4.92 Å². The first-order chi connectivity index (χ1) is 12.4. The zero-order valence-corrected chi connectivity index (χ0v) is 15.1. The van der Waals surface area contributed by atoms with Gasteiger partial charge in [-0.1, -0.05) is 18.2 Å². The average Bonchev–Trinajstić information content (AvgIpc) is 2.65. The van der Waals surface area contributed by atoms with Crippen LogP contribution in [0, 0.1) is 24.0 Å². The SMILES string of the molecule is Cc1ccc(CC(=O)N2CCN(c3ccc([N+](=O)[O-])cc3)CC2)cc1C. The first kappa shape index (κ1) is 17.9. The van der Waals surface area contributed by atoms with Crippen molar-refractivity contribution in [1.82, 2.24) is 4.90 Å². The number of amides is 1. The minimum Gasteiger partial charge on any atom is -0.368 e. The average molecular weight is 353 g/mol. The van der Waals surface area contributed by atoms with E-state index in [0.717, 1.165) is 24.3 Å². The number of carbonyl (C=O) groups excluding carboxylic acids is 1. The van der Waals surface area contributed by atoms with Crippen molar-refractivity contribution in [3.8, 4) is 0 Å². The lowest BCUT2D eigenvalue weighted by Crippen LogP contribution is -2.49. The molecule has 1 amide bonds. The molecule has 0 bridgehead atoms. The summed E-state index contributed by atoms with van der Waals surface area (Å²) < 4.78 is 0. The van der Waals surface area contributed by atoms with Gasteiger partial charge in [0.2, 0.25) is 5.91 Å². The quantitative estimate of drug-likeness (QED) is 0.626. The van der Waals surface area contributed by atoms with Gasteiger partial charge in [0.05, 0.1) is 11.3 Å². The molecule has 0 radical (unpaired) electrons. The number of nitro groups is 1. The van der Waals surface area contributed by atoms with Gasteiger partial charge in [-0.3, -0.25) is 14.9 Å². The second-order valence-corrected chi connectivity index (χ2v) is 6.74. The fourth-order valence-corrected chi connectivity index (χ4v) is 3.20. The summed E-state index contributed by atoms with van der Waals surface area (Å²) in [5, 5.41) is 10.7. The Balaban J connectivity index is 1.56. The van der Waals surface area contributed by atoms with Gasteiger partial charge in [0.15, 0.2) is 0 Å². The Bertz CT molecular complexity index is 810. The number of benzene rings is 2. The molecule has 1 heterocycles. The molecule has 26 heavy (non-hydrogen) atoms. The van der Waals surface area contributed by atoms with Gasteiger partial charge in [0.1, 0.15) is 0 Å². The maximum absolute atomic E-state index is 12.6. The summed E-state index contributed by atoms with van der Waals surface area (Å²) in [6.45, 7) is 6.93. The molecule has 2 aromatic rings. The van der Waals surface area contributed by atoms with Crippen molar-refractivity contribution in [3.05, 3.63) is 69.3 Å². The molecule has 0 saturated carbocycles. The predicted octanol–water partition coefficient (Wildman–Crippen LogP) is 3.10. The Morgan fingerprint density at radius 1 is 1.00 bits per heavy atom. The van der Waals surface area contributed by atoms with E-state index in [1.807, 2.05) is 11.0 Å². The molecule has 3 rings (SSSR count). The first-order valence-electron chi connectivity index (χ1n) is 8.77. The maximum atomic E-state index is 12.6. The minimum absolute atomic E-state index is 0.0935. The molecule has 1 fully saturated rings. The summed E-state index contributed by atoms with van der Waals surface area (Å²) in [6.07, 6.45) is 0.429. The largest absolute Gasteiger partial charge is 0.368 e. The summed E-state index contributed by atoms with van der Waals surface area (Å²) in [5.41, 5.74) is 4.54. The lowest BCUT2D eigenvalue weighted by molar-refractivity contribution is -0.384. The topological polar surface area (TPSA) is 66.7 Å². The third kappa shape index (κ3) is 4.02. The highest BCUT2D eigenvalue weighted by Crippen LogP contribution is 2.21. The first-order valence-corrected chi connectivity index (χ1v) is 8.77. The van der Waals surface area contributed by atoms with Gasteiger partial charge in [0.25, 0.3) is 5.69 Å². The maximum Gasteiger partial charge on any atom is 0.269 e. The van der Waals surface area contributed by atoms with Crippen LogP contribution in [0.1, 0.15) is 16.7 Å². The normalized spacial score (nSPS) is 14.4. The molecule has 1 aliphatic rings. The van der Waals surface area contributed by atoms with Crippen molar-refractivity contribution in [2.45, 2.75) is 20.3 Å². The number of aryl methyl sites for hydroxylation is 2. The molecular formula is C20H23N3O3. The molecule has 0 spiro atoms. The van der Waals surface area contributed by atoms with E-state index in [-0.39, 0.29) is 11.6 Å². The van der Waals surface area contributed by atoms with Crippen molar-refractivity contribution >= 4 is 17.3 Å². The van der Waals surface area contributed by atoms with Crippen LogP contribution in [0.2, 0.25) is 0 Å². The van der Waals surface area contributed by atoms with Crippen LogP contribution in [0.3, 0.4) is 0 Å². The Hall–Kier alpha value is -2.89. The standard InChI is InChI=1S/C20H23N3O3/c1-15-3-4-17(13-16(15)2)14-20(24)22-11-9-21(10-12-22)18-5-7-19(8-6-18)23(25)26/h3-8,13H,9-12,14H2,1-2H3. The number of nitro benzene ring substituents is 1. The van der Waals surface area contributed by atoms with E-state index in [1.165, 1.54) is 23.3 Å². The number of piperazine rings is 1. The predicted molar refractivity (Wildman–Crippen MR) is 102 cm³/mol. The van der Waals surface area contributed by atoms with Gasteiger partial charge in [-0.25, -0.2) is 0 Å². The van der Waals surface area contributed by atoms with Crippen LogP contribution in [-0.2, 0) is 11.2 Å².